The third kappa shape index (κ3) is 5.83. The number of nitrogens with two attached hydrogens (primary N) is 1. The average Bonchev–Trinajstić information content (AvgIpc) is 2.72. The van der Waals surface area contributed by atoms with E-state index >= 15 is 0 Å². The molecular formula is C24H30N4O5. The molecule has 1 saturated heterocycles. The SMILES string of the molecule is CC(C)Oc1cc2c(OC3CCCN(C(=O)OC(C)(C)C)C3)ncc(C#N)c2cc1C(N)=O. The van der Waals surface area contributed by atoms with Crippen molar-refractivity contribution in [3.63, 3.8) is 0 Å². The van der Waals surface area contributed by atoms with Crippen LogP contribution < -0.4 is 15.2 Å². The fraction of sp³-hybridized carbons (Fsp3) is 0.500. The normalized spacial score (nSPS) is 16.4. The largest absolute Gasteiger partial charge is 0.490 e. The molecule has 0 spiro atoms. The first-order chi connectivity index (χ1) is 15.5. The Balaban J connectivity index is 1.95. The van der Waals surface area contributed by atoms with Crippen molar-refractivity contribution >= 4 is 22.8 Å². The molecule has 1 aliphatic heterocycles. The highest BCUT2D eigenvalue weighted by Gasteiger charge is 2.29. The summed E-state index contributed by atoms with van der Waals surface area (Å²) in [5, 5.41) is 10.6. The van der Waals surface area contributed by atoms with Crippen molar-refractivity contribution in [3.8, 4) is 17.7 Å². The Labute approximate surface area is 193 Å². The maximum Gasteiger partial charge on any atom is 0.410 e. The minimum Gasteiger partial charge on any atom is -0.490 e. The first-order valence-electron chi connectivity index (χ1n) is 11.0. The number of hydrogen-bond acceptors (Lipinski definition) is 7. The van der Waals surface area contributed by atoms with Crippen molar-refractivity contribution < 1.29 is 23.8 Å². The fourth-order valence-electron chi connectivity index (χ4n) is 3.65. The number of likely N-dealkylation sites (tertiary alicyclic amines) is 1. The van der Waals surface area contributed by atoms with Crippen molar-refractivity contribution in [2.24, 2.45) is 5.73 Å². The summed E-state index contributed by atoms with van der Waals surface area (Å²) in [7, 11) is 0. The molecule has 9 heteroatoms. The molecule has 0 bridgehead atoms. The van der Waals surface area contributed by atoms with Crippen molar-refractivity contribution in [3.05, 3.63) is 29.5 Å². The summed E-state index contributed by atoms with van der Waals surface area (Å²) in [6.07, 6.45) is 2.01. The van der Waals surface area contributed by atoms with Gasteiger partial charge in [-0.05, 0) is 59.6 Å². The number of amides is 2. The number of nitrogens with zero attached hydrogens (tertiary/aromatic N) is 3. The molecular weight excluding hydrogens is 424 g/mol. The molecule has 1 atom stereocenters. The molecule has 0 radical (unpaired) electrons. The van der Waals surface area contributed by atoms with Crippen LogP contribution in [0.2, 0.25) is 0 Å². The second-order valence-electron chi connectivity index (χ2n) is 9.32. The number of primary amides is 1. The Hall–Kier alpha value is -3.54. The minimum absolute atomic E-state index is 0.179. The number of carbonyl (C=O) groups is 2. The van der Waals surface area contributed by atoms with Crippen LogP contribution in [-0.2, 0) is 4.74 Å². The maximum atomic E-state index is 12.5. The quantitative estimate of drug-likeness (QED) is 0.728. The van der Waals surface area contributed by atoms with Crippen LogP contribution in [0.25, 0.3) is 10.8 Å². The summed E-state index contributed by atoms with van der Waals surface area (Å²) in [4.78, 5) is 30.5. The Morgan fingerprint density at radius 3 is 2.61 bits per heavy atom. The molecule has 3 rings (SSSR count). The predicted molar refractivity (Wildman–Crippen MR) is 122 cm³/mol. The lowest BCUT2D eigenvalue weighted by molar-refractivity contribution is 0.00742. The van der Waals surface area contributed by atoms with Gasteiger partial charge in [0, 0.05) is 23.5 Å². The topological polar surface area (TPSA) is 128 Å². The van der Waals surface area contributed by atoms with Gasteiger partial charge in [0.1, 0.15) is 23.5 Å². The van der Waals surface area contributed by atoms with Crippen molar-refractivity contribution in [1.82, 2.24) is 9.88 Å². The standard InChI is InChI=1S/C24H30N4O5/c1-14(2)31-20-10-18-17(9-19(20)21(26)29)15(11-25)12-27-22(18)32-16-7-6-8-28(13-16)23(30)33-24(3,4)5/h9-10,12,14,16H,6-8,13H2,1-5H3,(H2,26,29). The molecule has 1 aromatic carbocycles. The molecule has 2 N–H and O–H groups in total. The number of aromatic nitrogens is 1. The van der Waals surface area contributed by atoms with Gasteiger partial charge in [-0.15, -0.1) is 0 Å². The number of carbonyl (C=O) groups excluding carboxylic acids is 2. The Morgan fingerprint density at radius 1 is 1.27 bits per heavy atom. The van der Waals surface area contributed by atoms with E-state index in [-0.39, 0.29) is 29.4 Å². The number of piperidine rings is 1. The first-order valence-corrected chi connectivity index (χ1v) is 11.0. The lowest BCUT2D eigenvalue weighted by Crippen LogP contribution is -2.46. The highest BCUT2D eigenvalue weighted by atomic mass is 16.6. The molecule has 1 fully saturated rings. The maximum absolute atomic E-state index is 12.5. The number of ether oxygens (including phenoxy) is 3. The average molecular weight is 455 g/mol. The van der Waals surface area contributed by atoms with Crippen LogP contribution in [0.4, 0.5) is 4.79 Å². The van der Waals surface area contributed by atoms with Gasteiger partial charge < -0.3 is 24.8 Å². The number of benzene rings is 1. The van der Waals surface area contributed by atoms with Crippen LogP contribution >= 0.6 is 0 Å². The zero-order chi connectivity index (χ0) is 24.3. The van der Waals surface area contributed by atoms with Crippen molar-refractivity contribution in [2.45, 2.75) is 65.3 Å². The second-order valence-corrected chi connectivity index (χ2v) is 9.32. The number of fused-ring (bicyclic) bond motifs is 1. The van der Waals surface area contributed by atoms with E-state index in [0.29, 0.717) is 35.5 Å². The van der Waals surface area contributed by atoms with Gasteiger partial charge in [-0.3, -0.25) is 4.79 Å². The number of rotatable bonds is 5. The van der Waals surface area contributed by atoms with E-state index in [1.54, 1.807) is 11.0 Å². The Morgan fingerprint density at radius 2 is 2.00 bits per heavy atom. The van der Waals surface area contributed by atoms with Crippen LogP contribution in [0.5, 0.6) is 11.6 Å². The zero-order valence-corrected chi connectivity index (χ0v) is 19.7. The molecule has 33 heavy (non-hydrogen) atoms. The van der Waals surface area contributed by atoms with Crippen LogP contribution in [0.1, 0.15) is 63.4 Å². The Kier molecular flexibility index (Phi) is 6.96. The van der Waals surface area contributed by atoms with Gasteiger partial charge in [0.2, 0.25) is 5.88 Å². The van der Waals surface area contributed by atoms with Crippen LogP contribution in [-0.4, -0.2) is 52.8 Å². The van der Waals surface area contributed by atoms with Gasteiger partial charge in [0.25, 0.3) is 5.91 Å². The highest BCUT2D eigenvalue weighted by molar-refractivity contribution is 6.03. The van der Waals surface area contributed by atoms with Crippen LogP contribution in [0, 0.1) is 11.3 Å². The molecule has 1 aromatic heterocycles. The number of pyridine rings is 1. The van der Waals surface area contributed by atoms with Crippen LogP contribution in [0.3, 0.4) is 0 Å². The van der Waals surface area contributed by atoms with E-state index in [0.717, 1.165) is 12.8 Å². The predicted octanol–water partition coefficient (Wildman–Crippen LogP) is 3.77. The van der Waals surface area contributed by atoms with E-state index < -0.39 is 11.5 Å². The van der Waals surface area contributed by atoms with Gasteiger partial charge in [-0.25, -0.2) is 9.78 Å². The molecule has 2 amide bonds. The smallest absolute Gasteiger partial charge is 0.410 e. The summed E-state index contributed by atoms with van der Waals surface area (Å²) in [5.41, 5.74) is 5.43. The zero-order valence-electron chi connectivity index (χ0n) is 19.7. The third-order valence-corrected chi connectivity index (χ3v) is 5.01. The van der Waals surface area contributed by atoms with Gasteiger partial charge in [-0.2, -0.15) is 5.26 Å². The van der Waals surface area contributed by atoms with E-state index in [1.165, 1.54) is 12.3 Å². The molecule has 2 heterocycles. The monoisotopic (exact) mass is 454 g/mol. The van der Waals surface area contributed by atoms with Crippen molar-refractivity contribution in [2.75, 3.05) is 13.1 Å². The number of nitriles is 1. The van der Waals surface area contributed by atoms with E-state index in [9.17, 15) is 14.9 Å². The molecule has 0 saturated carbocycles. The highest BCUT2D eigenvalue weighted by Crippen LogP contribution is 2.34. The summed E-state index contributed by atoms with van der Waals surface area (Å²) in [5.74, 6) is -0.0635. The van der Waals surface area contributed by atoms with Crippen LogP contribution in [0.15, 0.2) is 18.3 Å². The summed E-state index contributed by atoms with van der Waals surface area (Å²) in [6, 6.07) is 5.26. The summed E-state index contributed by atoms with van der Waals surface area (Å²) < 4.78 is 17.5. The first kappa shape index (κ1) is 24.1. The fourth-order valence-corrected chi connectivity index (χ4v) is 3.65. The lowest BCUT2D eigenvalue weighted by atomic mass is 10.0. The summed E-state index contributed by atoms with van der Waals surface area (Å²) in [6.45, 7) is 10.1. The van der Waals surface area contributed by atoms with E-state index in [4.69, 9.17) is 19.9 Å². The lowest BCUT2D eigenvalue weighted by Gasteiger charge is -2.34. The van der Waals surface area contributed by atoms with E-state index in [2.05, 4.69) is 11.1 Å². The molecule has 0 aliphatic carbocycles. The van der Waals surface area contributed by atoms with Gasteiger partial charge in [-0.1, -0.05) is 0 Å². The molecule has 176 valence electrons. The molecule has 1 aliphatic rings. The molecule has 9 nitrogen and oxygen atoms in total. The number of hydrogen-bond donors (Lipinski definition) is 1. The second kappa shape index (κ2) is 9.53. The minimum atomic E-state index is -0.656. The molecule has 2 aromatic rings. The van der Waals surface area contributed by atoms with E-state index in [1.807, 2.05) is 34.6 Å². The Bertz CT molecular complexity index is 1100. The van der Waals surface area contributed by atoms with Gasteiger partial charge in [0.15, 0.2) is 0 Å². The summed E-state index contributed by atoms with van der Waals surface area (Å²) >= 11 is 0. The van der Waals surface area contributed by atoms with Gasteiger partial charge in [0.05, 0.1) is 23.8 Å². The third-order valence-electron chi connectivity index (χ3n) is 5.01. The van der Waals surface area contributed by atoms with Gasteiger partial charge >= 0.3 is 6.09 Å². The van der Waals surface area contributed by atoms with Crippen molar-refractivity contribution in [1.29, 1.82) is 5.26 Å². The molecule has 1 unspecified atom stereocenters.